The molecule has 7 nitrogen and oxygen atoms in total. The number of hydrogen-bond donors (Lipinski definition) is 3. The second-order valence-electron chi connectivity index (χ2n) is 6.68. The summed E-state index contributed by atoms with van der Waals surface area (Å²) in [6.45, 7) is 5.62. The van der Waals surface area contributed by atoms with Gasteiger partial charge < -0.3 is 16.0 Å². The molecule has 148 valence electrons. The fraction of sp³-hybridized carbons (Fsp3) is 0.182. The van der Waals surface area contributed by atoms with Gasteiger partial charge in [0.15, 0.2) is 0 Å². The van der Waals surface area contributed by atoms with Gasteiger partial charge in [0.2, 0.25) is 5.91 Å². The van der Waals surface area contributed by atoms with Crippen molar-refractivity contribution in [2.45, 2.75) is 27.3 Å². The van der Waals surface area contributed by atoms with E-state index < -0.39 is 0 Å². The van der Waals surface area contributed by atoms with Gasteiger partial charge in [-0.2, -0.15) is 0 Å². The highest BCUT2D eigenvalue weighted by atomic mass is 16.2. The first kappa shape index (κ1) is 20.0. The van der Waals surface area contributed by atoms with Crippen LogP contribution < -0.4 is 16.0 Å². The molecule has 7 heteroatoms. The molecule has 0 aliphatic carbocycles. The summed E-state index contributed by atoms with van der Waals surface area (Å²) in [5, 5.41) is 8.79. The Labute approximate surface area is 169 Å². The van der Waals surface area contributed by atoms with Crippen molar-refractivity contribution in [1.82, 2.24) is 15.3 Å². The molecular weight excluding hydrogens is 366 g/mol. The van der Waals surface area contributed by atoms with Gasteiger partial charge in [-0.05, 0) is 43.2 Å². The number of anilines is 3. The number of amides is 2. The van der Waals surface area contributed by atoms with E-state index in [1.807, 2.05) is 43.3 Å². The Bertz CT molecular complexity index is 1050. The first-order valence-corrected chi connectivity index (χ1v) is 9.24. The Balaban J connectivity index is 1.73. The molecule has 0 saturated carbocycles. The number of aromatic nitrogens is 2. The van der Waals surface area contributed by atoms with Gasteiger partial charge in [-0.3, -0.25) is 9.59 Å². The SMILES string of the molecule is CC(=O)Nc1cccc(Nc2cc(C(=O)NCc3ccccc3C)nc(C)n2)c1. The lowest BCUT2D eigenvalue weighted by Crippen LogP contribution is -2.24. The lowest BCUT2D eigenvalue weighted by Gasteiger charge is -2.11. The van der Waals surface area contributed by atoms with E-state index in [1.54, 1.807) is 25.1 Å². The molecule has 1 heterocycles. The van der Waals surface area contributed by atoms with E-state index in [-0.39, 0.29) is 17.5 Å². The van der Waals surface area contributed by atoms with Gasteiger partial charge in [0.25, 0.3) is 5.91 Å². The number of nitrogens with one attached hydrogen (secondary N) is 3. The molecule has 0 aliphatic heterocycles. The van der Waals surface area contributed by atoms with Gasteiger partial charge in [-0.25, -0.2) is 9.97 Å². The average Bonchev–Trinajstić information content (AvgIpc) is 2.66. The first-order valence-electron chi connectivity index (χ1n) is 9.24. The summed E-state index contributed by atoms with van der Waals surface area (Å²) in [7, 11) is 0. The lowest BCUT2D eigenvalue weighted by atomic mass is 10.1. The van der Waals surface area contributed by atoms with Crippen LogP contribution in [0.25, 0.3) is 0 Å². The fourth-order valence-electron chi connectivity index (χ4n) is 2.85. The van der Waals surface area contributed by atoms with E-state index >= 15 is 0 Å². The van der Waals surface area contributed by atoms with Gasteiger partial charge in [-0.15, -0.1) is 0 Å². The quantitative estimate of drug-likeness (QED) is 0.597. The van der Waals surface area contributed by atoms with Crippen molar-refractivity contribution in [3.8, 4) is 0 Å². The van der Waals surface area contributed by atoms with Crippen LogP contribution in [0.4, 0.5) is 17.2 Å². The molecule has 0 saturated heterocycles. The van der Waals surface area contributed by atoms with Crippen molar-refractivity contribution in [1.29, 1.82) is 0 Å². The van der Waals surface area contributed by atoms with Crippen LogP contribution in [-0.4, -0.2) is 21.8 Å². The van der Waals surface area contributed by atoms with Crippen LogP contribution in [0.15, 0.2) is 54.6 Å². The number of rotatable bonds is 6. The zero-order valence-electron chi connectivity index (χ0n) is 16.6. The minimum absolute atomic E-state index is 0.146. The fourth-order valence-corrected chi connectivity index (χ4v) is 2.85. The summed E-state index contributed by atoms with van der Waals surface area (Å²) in [6.07, 6.45) is 0. The highest BCUT2D eigenvalue weighted by molar-refractivity contribution is 5.93. The van der Waals surface area contributed by atoms with Crippen LogP contribution >= 0.6 is 0 Å². The van der Waals surface area contributed by atoms with Crippen LogP contribution in [0.5, 0.6) is 0 Å². The summed E-state index contributed by atoms with van der Waals surface area (Å²) in [5.41, 5.74) is 3.87. The van der Waals surface area contributed by atoms with Crippen LogP contribution in [-0.2, 0) is 11.3 Å². The topological polar surface area (TPSA) is 96.0 Å². The van der Waals surface area contributed by atoms with Gasteiger partial charge >= 0.3 is 0 Å². The van der Waals surface area contributed by atoms with Crippen molar-refractivity contribution in [3.05, 3.63) is 77.2 Å². The zero-order chi connectivity index (χ0) is 20.8. The Morgan fingerprint density at radius 2 is 1.69 bits per heavy atom. The molecule has 1 aromatic heterocycles. The van der Waals surface area contributed by atoms with Gasteiger partial charge in [0.1, 0.15) is 17.3 Å². The minimum atomic E-state index is -0.270. The second-order valence-corrected chi connectivity index (χ2v) is 6.68. The molecule has 2 amide bonds. The maximum absolute atomic E-state index is 12.6. The monoisotopic (exact) mass is 389 g/mol. The Hall–Kier alpha value is -3.74. The molecule has 0 spiro atoms. The maximum atomic E-state index is 12.6. The van der Waals surface area contributed by atoms with E-state index in [0.29, 0.717) is 23.9 Å². The highest BCUT2D eigenvalue weighted by Gasteiger charge is 2.11. The van der Waals surface area contributed by atoms with Gasteiger partial charge in [0, 0.05) is 30.9 Å². The molecule has 0 fully saturated rings. The number of benzene rings is 2. The van der Waals surface area contributed by atoms with Crippen molar-refractivity contribution < 1.29 is 9.59 Å². The first-order chi connectivity index (χ1) is 13.9. The number of aryl methyl sites for hydroxylation is 2. The lowest BCUT2D eigenvalue weighted by molar-refractivity contribution is -0.114. The van der Waals surface area contributed by atoms with E-state index in [0.717, 1.165) is 16.8 Å². The van der Waals surface area contributed by atoms with E-state index in [4.69, 9.17) is 0 Å². The maximum Gasteiger partial charge on any atom is 0.270 e. The summed E-state index contributed by atoms with van der Waals surface area (Å²) < 4.78 is 0. The number of carbonyl (C=O) groups is 2. The molecule has 3 rings (SSSR count). The van der Waals surface area contributed by atoms with Gasteiger partial charge in [-0.1, -0.05) is 30.3 Å². The molecule has 0 aliphatic rings. The molecule has 2 aromatic carbocycles. The largest absolute Gasteiger partial charge is 0.347 e. The van der Waals surface area contributed by atoms with E-state index in [1.165, 1.54) is 6.92 Å². The zero-order valence-corrected chi connectivity index (χ0v) is 16.6. The number of hydrogen-bond acceptors (Lipinski definition) is 5. The molecule has 0 unspecified atom stereocenters. The number of carbonyl (C=O) groups excluding carboxylic acids is 2. The Morgan fingerprint density at radius 3 is 2.45 bits per heavy atom. The summed E-state index contributed by atoms with van der Waals surface area (Å²) in [4.78, 5) is 32.4. The van der Waals surface area contributed by atoms with Crippen molar-refractivity contribution >= 4 is 29.0 Å². The molecule has 0 bridgehead atoms. The molecular formula is C22H23N5O2. The third kappa shape index (κ3) is 5.62. The van der Waals surface area contributed by atoms with Gasteiger partial charge in [0.05, 0.1) is 0 Å². The third-order valence-corrected chi connectivity index (χ3v) is 4.23. The molecule has 0 atom stereocenters. The molecule has 3 N–H and O–H groups in total. The third-order valence-electron chi connectivity index (χ3n) is 4.23. The van der Waals surface area contributed by atoms with Crippen LogP contribution in [0.1, 0.15) is 34.4 Å². The van der Waals surface area contributed by atoms with Crippen molar-refractivity contribution in [3.63, 3.8) is 0 Å². The Kier molecular flexibility index (Phi) is 6.19. The minimum Gasteiger partial charge on any atom is -0.347 e. The standard InChI is InChI=1S/C22H23N5O2/c1-14-7-4-5-8-17(14)13-23-22(29)20-12-21(25-15(2)24-20)27-19-10-6-9-18(11-19)26-16(3)28/h4-12H,13H2,1-3H3,(H,23,29)(H,26,28)(H,24,25,27). The van der Waals surface area contributed by atoms with Crippen molar-refractivity contribution in [2.24, 2.45) is 0 Å². The number of nitrogens with zero attached hydrogens (tertiary/aromatic N) is 2. The van der Waals surface area contributed by atoms with E-state index in [9.17, 15) is 9.59 Å². The van der Waals surface area contributed by atoms with Crippen LogP contribution in [0.2, 0.25) is 0 Å². The second kappa shape index (κ2) is 8.97. The predicted molar refractivity (Wildman–Crippen MR) is 113 cm³/mol. The van der Waals surface area contributed by atoms with Crippen LogP contribution in [0.3, 0.4) is 0 Å². The highest BCUT2D eigenvalue weighted by Crippen LogP contribution is 2.19. The normalized spacial score (nSPS) is 10.3. The summed E-state index contributed by atoms with van der Waals surface area (Å²) in [5.74, 6) is 0.564. The molecule has 29 heavy (non-hydrogen) atoms. The molecule has 3 aromatic rings. The average molecular weight is 389 g/mol. The Morgan fingerprint density at radius 1 is 0.931 bits per heavy atom. The summed E-state index contributed by atoms with van der Waals surface area (Å²) in [6, 6.07) is 16.7. The van der Waals surface area contributed by atoms with Crippen LogP contribution in [0, 0.1) is 13.8 Å². The van der Waals surface area contributed by atoms with Crippen molar-refractivity contribution in [2.75, 3.05) is 10.6 Å². The predicted octanol–water partition coefficient (Wildman–Crippen LogP) is 3.73. The van der Waals surface area contributed by atoms with E-state index in [2.05, 4.69) is 25.9 Å². The summed E-state index contributed by atoms with van der Waals surface area (Å²) >= 11 is 0. The molecule has 0 radical (unpaired) electrons. The smallest absolute Gasteiger partial charge is 0.270 e.